The first kappa shape index (κ1) is 11.9. The van der Waals surface area contributed by atoms with Gasteiger partial charge in [-0.15, -0.1) is 0 Å². The minimum atomic E-state index is 0.163. The number of hydrogen-bond acceptors (Lipinski definition) is 3. The summed E-state index contributed by atoms with van der Waals surface area (Å²) in [5, 5.41) is 12.0. The molecule has 0 spiro atoms. The molecule has 1 N–H and O–H groups in total. The zero-order chi connectivity index (χ0) is 12.3. The lowest BCUT2D eigenvalue weighted by Gasteiger charge is -2.17. The number of aryl methyl sites for hydroxylation is 2. The Morgan fingerprint density at radius 3 is 2.76 bits per heavy atom. The summed E-state index contributed by atoms with van der Waals surface area (Å²) in [6.45, 7) is 6.00. The summed E-state index contributed by atoms with van der Waals surface area (Å²) in [4.78, 5) is 0. The quantitative estimate of drug-likeness (QED) is 0.847. The number of aromatic nitrogens is 4. The van der Waals surface area contributed by atoms with E-state index in [1.165, 1.54) is 11.3 Å². The molecule has 1 unspecified atom stereocenters. The Hall–Kier alpha value is -1.62. The van der Waals surface area contributed by atoms with Crippen LogP contribution in [0, 0.1) is 0 Å². The molecule has 2 aromatic rings. The predicted molar refractivity (Wildman–Crippen MR) is 66.6 cm³/mol. The van der Waals surface area contributed by atoms with Crippen LogP contribution in [0.25, 0.3) is 0 Å². The van der Waals surface area contributed by atoms with Crippen LogP contribution >= 0.6 is 0 Å². The van der Waals surface area contributed by atoms with Gasteiger partial charge in [-0.05, 0) is 19.5 Å². The average Bonchev–Trinajstić information content (AvgIpc) is 2.94. The first-order chi connectivity index (χ1) is 8.26. The van der Waals surface area contributed by atoms with Gasteiger partial charge in [0.1, 0.15) is 0 Å². The largest absolute Gasteiger partial charge is 0.305 e. The monoisotopic (exact) mass is 233 g/mol. The summed E-state index contributed by atoms with van der Waals surface area (Å²) < 4.78 is 3.84. The maximum absolute atomic E-state index is 4.32. The topological polar surface area (TPSA) is 47.7 Å². The summed E-state index contributed by atoms with van der Waals surface area (Å²) in [5.41, 5.74) is 2.35. The molecule has 5 nitrogen and oxygen atoms in total. The van der Waals surface area contributed by atoms with Crippen LogP contribution in [0.1, 0.15) is 31.1 Å². The van der Waals surface area contributed by atoms with Crippen LogP contribution in [0.2, 0.25) is 0 Å². The normalized spacial score (nSPS) is 12.9. The van der Waals surface area contributed by atoms with Gasteiger partial charge in [0.2, 0.25) is 0 Å². The predicted octanol–water partition coefficient (Wildman–Crippen LogP) is 1.34. The zero-order valence-corrected chi connectivity index (χ0v) is 10.6. The molecule has 0 radical (unpaired) electrons. The fourth-order valence-corrected chi connectivity index (χ4v) is 2.04. The highest BCUT2D eigenvalue weighted by Crippen LogP contribution is 2.21. The minimum Gasteiger partial charge on any atom is -0.305 e. The van der Waals surface area contributed by atoms with E-state index in [0.29, 0.717) is 0 Å². The van der Waals surface area contributed by atoms with Crippen LogP contribution in [0.4, 0.5) is 0 Å². The van der Waals surface area contributed by atoms with Gasteiger partial charge < -0.3 is 5.32 Å². The van der Waals surface area contributed by atoms with Crippen molar-refractivity contribution in [1.82, 2.24) is 24.9 Å². The zero-order valence-electron chi connectivity index (χ0n) is 10.6. The molecule has 1 atom stereocenters. The Labute approximate surface area is 101 Å². The molecular weight excluding hydrogens is 214 g/mol. The van der Waals surface area contributed by atoms with E-state index < -0.39 is 0 Å². The van der Waals surface area contributed by atoms with E-state index in [9.17, 15) is 0 Å². The van der Waals surface area contributed by atoms with Crippen LogP contribution < -0.4 is 5.32 Å². The maximum Gasteiger partial charge on any atom is 0.0778 e. The van der Waals surface area contributed by atoms with E-state index in [2.05, 4.69) is 35.4 Å². The number of nitrogens with zero attached hydrogens (tertiary/aromatic N) is 4. The molecule has 0 bridgehead atoms. The van der Waals surface area contributed by atoms with Gasteiger partial charge in [0.05, 0.1) is 17.9 Å². The maximum atomic E-state index is 4.32. The Kier molecular flexibility index (Phi) is 3.58. The fourth-order valence-electron chi connectivity index (χ4n) is 2.04. The molecule has 0 fully saturated rings. The third-order valence-electron chi connectivity index (χ3n) is 2.81. The summed E-state index contributed by atoms with van der Waals surface area (Å²) >= 11 is 0. The molecule has 0 aliphatic heterocycles. The van der Waals surface area contributed by atoms with Crippen LogP contribution in [0.5, 0.6) is 0 Å². The molecule has 0 amide bonds. The van der Waals surface area contributed by atoms with Gasteiger partial charge in [-0.2, -0.15) is 10.2 Å². The van der Waals surface area contributed by atoms with Crippen molar-refractivity contribution in [1.29, 1.82) is 0 Å². The van der Waals surface area contributed by atoms with Gasteiger partial charge in [-0.25, -0.2) is 0 Å². The second-order valence-corrected chi connectivity index (χ2v) is 4.01. The molecule has 2 rings (SSSR count). The first-order valence-corrected chi connectivity index (χ1v) is 5.99. The molecule has 0 aliphatic rings. The third-order valence-corrected chi connectivity index (χ3v) is 2.81. The smallest absolute Gasteiger partial charge is 0.0778 e. The van der Waals surface area contributed by atoms with Gasteiger partial charge in [-0.1, -0.05) is 6.92 Å². The highest BCUT2D eigenvalue weighted by molar-refractivity contribution is 5.23. The van der Waals surface area contributed by atoms with E-state index >= 15 is 0 Å². The van der Waals surface area contributed by atoms with Crippen molar-refractivity contribution in [3.05, 3.63) is 35.9 Å². The summed E-state index contributed by atoms with van der Waals surface area (Å²) in [5.74, 6) is 0. The van der Waals surface area contributed by atoms with Crippen LogP contribution in [-0.2, 0) is 13.6 Å². The van der Waals surface area contributed by atoms with Crippen molar-refractivity contribution in [2.45, 2.75) is 26.4 Å². The van der Waals surface area contributed by atoms with Crippen molar-refractivity contribution >= 4 is 0 Å². The van der Waals surface area contributed by atoms with Crippen LogP contribution in [0.15, 0.2) is 24.7 Å². The second kappa shape index (κ2) is 5.14. The van der Waals surface area contributed by atoms with Gasteiger partial charge in [0.15, 0.2) is 0 Å². The SMILES string of the molecule is CCNC(c1cnn(C)c1)c1ccnn1CC. The summed E-state index contributed by atoms with van der Waals surface area (Å²) in [6.07, 6.45) is 5.79. The van der Waals surface area contributed by atoms with Gasteiger partial charge in [0, 0.05) is 31.5 Å². The van der Waals surface area contributed by atoms with Crippen molar-refractivity contribution in [3.63, 3.8) is 0 Å². The van der Waals surface area contributed by atoms with Crippen molar-refractivity contribution in [2.24, 2.45) is 7.05 Å². The molecule has 0 saturated heterocycles. The van der Waals surface area contributed by atoms with E-state index in [-0.39, 0.29) is 6.04 Å². The highest BCUT2D eigenvalue weighted by Gasteiger charge is 2.18. The number of hydrogen-bond donors (Lipinski definition) is 1. The lowest BCUT2D eigenvalue weighted by molar-refractivity contribution is 0.542. The number of nitrogens with one attached hydrogen (secondary N) is 1. The lowest BCUT2D eigenvalue weighted by atomic mass is 10.1. The van der Waals surface area contributed by atoms with E-state index in [4.69, 9.17) is 0 Å². The van der Waals surface area contributed by atoms with E-state index in [1.54, 1.807) is 0 Å². The van der Waals surface area contributed by atoms with Crippen molar-refractivity contribution in [3.8, 4) is 0 Å². The fraction of sp³-hybridized carbons (Fsp3) is 0.500. The standard InChI is InChI=1S/C12H19N5/c1-4-13-12(10-8-15-16(3)9-10)11-6-7-14-17(11)5-2/h6-9,12-13H,4-5H2,1-3H3. The number of rotatable bonds is 5. The lowest BCUT2D eigenvalue weighted by Crippen LogP contribution is -2.24. The average molecular weight is 233 g/mol. The molecule has 2 heterocycles. The van der Waals surface area contributed by atoms with Crippen molar-refractivity contribution < 1.29 is 0 Å². The van der Waals surface area contributed by atoms with E-state index in [0.717, 1.165) is 13.1 Å². The van der Waals surface area contributed by atoms with E-state index in [1.807, 2.05) is 35.0 Å². The Bertz CT molecular complexity index is 471. The Morgan fingerprint density at radius 1 is 1.35 bits per heavy atom. The molecule has 2 aromatic heterocycles. The summed E-state index contributed by atoms with van der Waals surface area (Å²) in [7, 11) is 1.93. The van der Waals surface area contributed by atoms with Crippen molar-refractivity contribution in [2.75, 3.05) is 6.54 Å². The first-order valence-electron chi connectivity index (χ1n) is 5.99. The molecule has 0 aromatic carbocycles. The Balaban J connectivity index is 2.35. The van der Waals surface area contributed by atoms with Crippen LogP contribution in [0.3, 0.4) is 0 Å². The molecule has 5 heteroatoms. The molecule has 92 valence electrons. The Morgan fingerprint density at radius 2 is 2.18 bits per heavy atom. The second-order valence-electron chi connectivity index (χ2n) is 4.01. The highest BCUT2D eigenvalue weighted by atomic mass is 15.3. The molecule has 17 heavy (non-hydrogen) atoms. The van der Waals surface area contributed by atoms with Gasteiger partial charge >= 0.3 is 0 Å². The summed E-state index contributed by atoms with van der Waals surface area (Å²) in [6, 6.07) is 2.22. The van der Waals surface area contributed by atoms with Crippen LogP contribution in [-0.4, -0.2) is 26.1 Å². The third kappa shape index (κ3) is 2.39. The minimum absolute atomic E-state index is 0.163. The molecular formula is C12H19N5. The van der Waals surface area contributed by atoms with Gasteiger partial charge in [0.25, 0.3) is 0 Å². The molecule has 0 aliphatic carbocycles. The van der Waals surface area contributed by atoms with Gasteiger partial charge in [-0.3, -0.25) is 9.36 Å². The molecule has 0 saturated carbocycles.